The first-order valence-electron chi connectivity index (χ1n) is 5.89. The number of ether oxygens (including phenoxy) is 1. The molecule has 3 rings (SSSR count). The molecule has 1 amide bonds. The molecular formula is C13H11N5O2. The van der Waals surface area contributed by atoms with Crippen molar-refractivity contribution in [2.75, 3.05) is 12.0 Å². The number of carbonyl (C=O) groups excluding carboxylic acids is 1. The van der Waals surface area contributed by atoms with Gasteiger partial charge in [-0.1, -0.05) is 18.2 Å². The number of rotatable bonds is 2. The summed E-state index contributed by atoms with van der Waals surface area (Å²) in [6.07, 6.45) is 2.53. The molecule has 7 heteroatoms. The number of amides is 1. The number of carbonyl (C=O) groups is 1. The van der Waals surface area contributed by atoms with Gasteiger partial charge in [0.2, 0.25) is 0 Å². The van der Waals surface area contributed by atoms with Crippen LogP contribution in [0.15, 0.2) is 42.7 Å². The molecular weight excluding hydrogens is 258 g/mol. The van der Waals surface area contributed by atoms with Crippen molar-refractivity contribution in [1.82, 2.24) is 20.4 Å². The molecule has 0 aliphatic heterocycles. The summed E-state index contributed by atoms with van der Waals surface area (Å²) in [5.41, 5.74) is 1.29. The van der Waals surface area contributed by atoms with E-state index in [-0.39, 0.29) is 0 Å². The average molecular weight is 269 g/mol. The van der Waals surface area contributed by atoms with Crippen LogP contribution in [-0.2, 0) is 4.74 Å². The highest BCUT2D eigenvalue weighted by Crippen LogP contribution is 2.25. The lowest BCUT2D eigenvalue weighted by atomic mass is 10.2. The fourth-order valence-electron chi connectivity index (χ4n) is 1.87. The summed E-state index contributed by atoms with van der Waals surface area (Å²) < 4.78 is 4.78. The van der Waals surface area contributed by atoms with Gasteiger partial charge in [-0.2, -0.15) is 5.10 Å². The van der Waals surface area contributed by atoms with Gasteiger partial charge in [0.15, 0.2) is 5.82 Å². The molecule has 100 valence electrons. The fourth-order valence-corrected chi connectivity index (χ4v) is 1.87. The van der Waals surface area contributed by atoms with E-state index in [2.05, 4.69) is 20.4 Å². The van der Waals surface area contributed by atoms with E-state index in [1.54, 1.807) is 12.3 Å². The molecule has 0 radical (unpaired) electrons. The summed E-state index contributed by atoms with van der Waals surface area (Å²) in [6.45, 7) is 0. The van der Waals surface area contributed by atoms with Crippen LogP contribution in [0.3, 0.4) is 0 Å². The van der Waals surface area contributed by atoms with E-state index in [0.29, 0.717) is 11.5 Å². The summed E-state index contributed by atoms with van der Waals surface area (Å²) >= 11 is 0. The highest BCUT2D eigenvalue weighted by Gasteiger charge is 2.21. The molecule has 0 atom stereocenters. The number of hydrogen-bond donors (Lipinski definition) is 1. The zero-order valence-corrected chi connectivity index (χ0v) is 10.6. The lowest BCUT2D eigenvalue weighted by Gasteiger charge is -2.17. The third kappa shape index (κ3) is 2.05. The molecule has 0 fully saturated rings. The van der Waals surface area contributed by atoms with Gasteiger partial charge in [-0.05, 0) is 12.1 Å². The van der Waals surface area contributed by atoms with Crippen LogP contribution in [0.25, 0.3) is 10.9 Å². The van der Waals surface area contributed by atoms with Crippen LogP contribution in [0.5, 0.6) is 0 Å². The Morgan fingerprint density at radius 1 is 1.30 bits per heavy atom. The Labute approximate surface area is 114 Å². The van der Waals surface area contributed by atoms with Gasteiger partial charge < -0.3 is 4.74 Å². The normalized spacial score (nSPS) is 10.4. The maximum Gasteiger partial charge on any atom is 0.420 e. The lowest BCUT2D eigenvalue weighted by Crippen LogP contribution is -2.26. The van der Waals surface area contributed by atoms with Gasteiger partial charge in [0.1, 0.15) is 0 Å². The molecule has 7 nitrogen and oxygen atoms in total. The topological polar surface area (TPSA) is 84.0 Å². The van der Waals surface area contributed by atoms with Gasteiger partial charge in [0, 0.05) is 11.6 Å². The van der Waals surface area contributed by atoms with Crippen molar-refractivity contribution in [3.8, 4) is 0 Å². The standard InChI is InChI=1S/C13H11N5O2/c1-20-13(19)18(10-7-14-15-8-10)12-6-9-4-2-3-5-11(9)16-17-12/h2-8H,1H3,(H,14,15). The predicted molar refractivity (Wildman–Crippen MR) is 72.7 cm³/mol. The van der Waals surface area contributed by atoms with E-state index in [0.717, 1.165) is 10.9 Å². The number of anilines is 2. The van der Waals surface area contributed by atoms with Gasteiger partial charge in [-0.25, -0.2) is 9.69 Å². The van der Waals surface area contributed by atoms with Crippen molar-refractivity contribution in [3.05, 3.63) is 42.7 Å². The number of hydrogen-bond acceptors (Lipinski definition) is 5. The molecule has 2 heterocycles. The smallest absolute Gasteiger partial charge is 0.420 e. The van der Waals surface area contributed by atoms with E-state index in [1.807, 2.05) is 24.3 Å². The molecule has 0 bridgehead atoms. The molecule has 2 aromatic heterocycles. The summed E-state index contributed by atoms with van der Waals surface area (Å²) in [5.74, 6) is 0.372. The highest BCUT2D eigenvalue weighted by molar-refractivity contribution is 5.96. The number of aromatic amines is 1. The van der Waals surface area contributed by atoms with Crippen LogP contribution >= 0.6 is 0 Å². The molecule has 0 unspecified atom stereocenters. The molecule has 0 saturated carbocycles. The van der Waals surface area contributed by atoms with Gasteiger partial charge in [-0.15, -0.1) is 10.2 Å². The Hall–Kier alpha value is -2.96. The summed E-state index contributed by atoms with van der Waals surface area (Å²) in [6, 6.07) is 9.30. The number of fused-ring (bicyclic) bond motifs is 1. The Kier molecular flexibility index (Phi) is 3.00. The van der Waals surface area contributed by atoms with Gasteiger partial charge in [-0.3, -0.25) is 5.10 Å². The van der Waals surface area contributed by atoms with Gasteiger partial charge in [0.25, 0.3) is 0 Å². The molecule has 20 heavy (non-hydrogen) atoms. The van der Waals surface area contributed by atoms with Crippen LogP contribution in [0.4, 0.5) is 16.3 Å². The SMILES string of the molecule is COC(=O)N(c1cn[nH]c1)c1cc2ccccc2nn1. The van der Waals surface area contributed by atoms with Crippen LogP contribution < -0.4 is 4.90 Å². The highest BCUT2D eigenvalue weighted by atomic mass is 16.5. The first-order chi connectivity index (χ1) is 9.79. The quantitative estimate of drug-likeness (QED) is 0.771. The number of aromatic nitrogens is 4. The molecule has 0 aliphatic carbocycles. The van der Waals surface area contributed by atoms with E-state index < -0.39 is 6.09 Å². The van der Waals surface area contributed by atoms with Crippen molar-refractivity contribution in [3.63, 3.8) is 0 Å². The zero-order chi connectivity index (χ0) is 13.9. The third-order valence-electron chi connectivity index (χ3n) is 2.81. The van der Waals surface area contributed by atoms with Crippen molar-refractivity contribution in [2.24, 2.45) is 0 Å². The van der Waals surface area contributed by atoms with Crippen molar-refractivity contribution >= 4 is 28.5 Å². The molecule has 1 N–H and O–H groups in total. The number of H-pyrrole nitrogens is 1. The van der Waals surface area contributed by atoms with Gasteiger partial charge in [0.05, 0.1) is 24.5 Å². The Balaban J connectivity index is 2.11. The van der Waals surface area contributed by atoms with E-state index >= 15 is 0 Å². The molecule has 0 saturated heterocycles. The minimum atomic E-state index is -0.559. The maximum atomic E-state index is 11.9. The number of methoxy groups -OCH3 is 1. The first-order valence-corrected chi connectivity index (χ1v) is 5.89. The van der Waals surface area contributed by atoms with Crippen LogP contribution in [0.1, 0.15) is 0 Å². The second-order valence-corrected chi connectivity index (χ2v) is 4.02. The van der Waals surface area contributed by atoms with E-state index in [4.69, 9.17) is 4.74 Å². The van der Waals surface area contributed by atoms with Gasteiger partial charge >= 0.3 is 6.09 Å². The number of nitrogens with zero attached hydrogens (tertiary/aromatic N) is 4. The summed E-state index contributed by atoms with van der Waals surface area (Å²) in [7, 11) is 1.31. The number of nitrogens with one attached hydrogen (secondary N) is 1. The minimum Gasteiger partial charge on any atom is -0.452 e. The second-order valence-electron chi connectivity index (χ2n) is 4.02. The zero-order valence-electron chi connectivity index (χ0n) is 10.6. The lowest BCUT2D eigenvalue weighted by molar-refractivity contribution is 0.181. The number of benzene rings is 1. The monoisotopic (exact) mass is 269 g/mol. The average Bonchev–Trinajstić information content (AvgIpc) is 3.01. The molecule has 0 aliphatic rings. The maximum absolute atomic E-state index is 11.9. The van der Waals surface area contributed by atoms with Crippen LogP contribution in [-0.4, -0.2) is 33.6 Å². The Bertz CT molecular complexity index is 741. The minimum absolute atomic E-state index is 0.372. The predicted octanol–water partition coefficient (Wildman–Crippen LogP) is 2.26. The van der Waals surface area contributed by atoms with Crippen molar-refractivity contribution < 1.29 is 9.53 Å². The molecule has 1 aromatic carbocycles. The Morgan fingerprint density at radius 2 is 2.15 bits per heavy atom. The van der Waals surface area contributed by atoms with E-state index in [1.165, 1.54) is 18.2 Å². The molecule has 0 spiro atoms. The third-order valence-corrected chi connectivity index (χ3v) is 2.81. The van der Waals surface area contributed by atoms with Crippen molar-refractivity contribution in [2.45, 2.75) is 0 Å². The van der Waals surface area contributed by atoms with Crippen molar-refractivity contribution in [1.29, 1.82) is 0 Å². The van der Waals surface area contributed by atoms with E-state index in [9.17, 15) is 4.79 Å². The fraction of sp³-hybridized carbons (Fsp3) is 0.0769. The van der Waals surface area contributed by atoms with Crippen LogP contribution in [0, 0.1) is 0 Å². The summed E-state index contributed by atoms with van der Waals surface area (Å²) in [5, 5.41) is 15.5. The second kappa shape index (κ2) is 4.96. The summed E-state index contributed by atoms with van der Waals surface area (Å²) in [4.78, 5) is 13.2. The van der Waals surface area contributed by atoms with Crippen LogP contribution in [0.2, 0.25) is 0 Å². The first kappa shape index (κ1) is 12.1. The Morgan fingerprint density at radius 3 is 2.90 bits per heavy atom. The largest absolute Gasteiger partial charge is 0.452 e. The molecule has 3 aromatic rings.